The number of hydrogen-bond donors (Lipinski definition) is 1. The minimum Gasteiger partial charge on any atom is -0.384 e. The van der Waals surface area contributed by atoms with E-state index in [1.165, 1.54) is 22.8 Å². The van der Waals surface area contributed by atoms with Crippen molar-refractivity contribution in [1.29, 1.82) is 0 Å². The van der Waals surface area contributed by atoms with Crippen LogP contribution < -0.4 is 5.32 Å². The number of rotatable bonds is 5. The quantitative estimate of drug-likeness (QED) is 0.772. The van der Waals surface area contributed by atoms with Gasteiger partial charge in [-0.2, -0.15) is 11.8 Å². The van der Waals surface area contributed by atoms with Gasteiger partial charge >= 0.3 is 0 Å². The van der Waals surface area contributed by atoms with Crippen LogP contribution in [-0.4, -0.2) is 18.1 Å². The average Bonchev–Trinajstić information content (AvgIpc) is 2.24. The molecule has 2 heteroatoms. The molecule has 90 valence electrons. The van der Waals surface area contributed by atoms with Crippen molar-refractivity contribution in [3.05, 3.63) is 29.8 Å². The second kappa shape index (κ2) is 6.19. The van der Waals surface area contributed by atoms with E-state index in [2.05, 4.69) is 57.3 Å². The molecule has 1 aromatic carbocycles. The van der Waals surface area contributed by atoms with Crippen LogP contribution in [0.5, 0.6) is 0 Å². The fourth-order valence-electron chi connectivity index (χ4n) is 1.69. The summed E-state index contributed by atoms with van der Waals surface area (Å²) in [4.78, 5) is 0. The molecule has 0 spiro atoms. The van der Waals surface area contributed by atoms with Gasteiger partial charge in [0, 0.05) is 18.0 Å². The van der Waals surface area contributed by atoms with Crippen molar-refractivity contribution in [3.63, 3.8) is 0 Å². The van der Waals surface area contributed by atoms with Crippen LogP contribution in [0.25, 0.3) is 0 Å². The van der Waals surface area contributed by atoms with Crippen LogP contribution >= 0.6 is 11.8 Å². The van der Waals surface area contributed by atoms with Crippen LogP contribution in [0.15, 0.2) is 24.3 Å². The van der Waals surface area contributed by atoms with Gasteiger partial charge in [0.15, 0.2) is 0 Å². The second-order valence-electron chi connectivity index (χ2n) is 4.92. The van der Waals surface area contributed by atoms with Crippen LogP contribution in [0.3, 0.4) is 0 Å². The van der Waals surface area contributed by atoms with E-state index in [1.54, 1.807) is 0 Å². The third kappa shape index (κ3) is 4.09. The fraction of sp³-hybridized carbons (Fsp3) is 0.571. The third-order valence-corrected chi connectivity index (χ3v) is 3.40. The summed E-state index contributed by atoms with van der Waals surface area (Å²) in [5.74, 6) is 2.37. The summed E-state index contributed by atoms with van der Waals surface area (Å²) in [5.41, 5.74) is 2.89. The monoisotopic (exact) mass is 237 g/mol. The lowest BCUT2D eigenvalue weighted by atomic mass is 9.86. The van der Waals surface area contributed by atoms with E-state index in [9.17, 15) is 0 Å². The van der Waals surface area contributed by atoms with E-state index >= 15 is 0 Å². The standard InChI is InChI=1S/C14H23NS/c1-5-16-11-10-15-13-9-7-6-8-12(13)14(2,3)4/h6-9,15H,5,10-11H2,1-4H3. The van der Waals surface area contributed by atoms with Gasteiger partial charge in [0.2, 0.25) is 0 Å². The fourth-order valence-corrected chi connectivity index (χ4v) is 2.23. The Bertz CT molecular complexity index is 315. The summed E-state index contributed by atoms with van der Waals surface area (Å²) in [5, 5.41) is 3.53. The molecule has 0 radical (unpaired) electrons. The van der Waals surface area contributed by atoms with E-state index in [1.807, 2.05) is 11.8 Å². The van der Waals surface area contributed by atoms with Gasteiger partial charge in [0.25, 0.3) is 0 Å². The Labute approximate surface area is 104 Å². The molecular weight excluding hydrogens is 214 g/mol. The maximum Gasteiger partial charge on any atom is 0.0378 e. The van der Waals surface area contributed by atoms with Gasteiger partial charge in [-0.15, -0.1) is 0 Å². The molecule has 0 atom stereocenters. The minimum atomic E-state index is 0.210. The van der Waals surface area contributed by atoms with E-state index in [0.29, 0.717) is 0 Å². The Morgan fingerprint density at radius 3 is 2.50 bits per heavy atom. The van der Waals surface area contributed by atoms with Crippen molar-refractivity contribution < 1.29 is 0 Å². The maximum absolute atomic E-state index is 3.53. The van der Waals surface area contributed by atoms with E-state index in [4.69, 9.17) is 0 Å². The van der Waals surface area contributed by atoms with Crippen LogP contribution in [-0.2, 0) is 5.41 Å². The van der Waals surface area contributed by atoms with Crippen LogP contribution in [0.2, 0.25) is 0 Å². The number of hydrogen-bond acceptors (Lipinski definition) is 2. The Balaban J connectivity index is 2.65. The van der Waals surface area contributed by atoms with Gasteiger partial charge in [0.1, 0.15) is 0 Å². The molecule has 0 heterocycles. The Morgan fingerprint density at radius 2 is 1.88 bits per heavy atom. The predicted octanol–water partition coefficient (Wildman–Crippen LogP) is 4.15. The molecule has 1 N–H and O–H groups in total. The minimum absolute atomic E-state index is 0.210. The van der Waals surface area contributed by atoms with Crippen LogP contribution in [0.4, 0.5) is 5.69 Å². The number of para-hydroxylation sites is 1. The van der Waals surface area contributed by atoms with Crippen molar-refractivity contribution >= 4 is 17.4 Å². The van der Waals surface area contributed by atoms with Gasteiger partial charge in [0.05, 0.1) is 0 Å². The molecule has 1 aromatic rings. The van der Waals surface area contributed by atoms with E-state index in [0.717, 1.165) is 6.54 Å². The molecule has 0 aliphatic carbocycles. The molecule has 1 rings (SSSR count). The molecule has 0 aliphatic rings. The molecule has 0 saturated carbocycles. The number of benzene rings is 1. The van der Waals surface area contributed by atoms with Gasteiger partial charge in [-0.3, -0.25) is 0 Å². The smallest absolute Gasteiger partial charge is 0.0378 e. The van der Waals surface area contributed by atoms with Gasteiger partial charge in [-0.25, -0.2) is 0 Å². The first kappa shape index (κ1) is 13.4. The third-order valence-electron chi connectivity index (χ3n) is 2.50. The molecular formula is C14H23NS. The first-order valence-electron chi connectivity index (χ1n) is 5.97. The largest absolute Gasteiger partial charge is 0.384 e. The zero-order valence-electron chi connectivity index (χ0n) is 10.8. The lowest BCUT2D eigenvalue weighted by Crippen LogP contribution is -2.15. The highest BCUT2D eigenvalue weighted by Crippen LogP contribution is 2.29. The van der Waals surface area contributed by atoms with Crippen LogP contribution in [0.1, 0.15) is 33.3 Å². The van der Waals surface area contributed by atoms with Crippen LogP contribution in [0, 0.1) is 0 Å². The summed E-state index contributed by atoms with van der Waals surface area (Å²) in [6, 6.07) is 8.61. The Hall–Kier alpha value is -0.630. The van der Waals surface area contributed by atoms with Crippen molar-refractivity contribution in [2.75, 3.05) is 23.4 Å². The van der Waals surface area contributed by atoms with E-state index < -0.39 is 0 Å². The molecule has 0 amide bonds. The summed E-state index contributed by atoms with van der Waals surface area (Å²) < 4.78 is 0. The second-order valence-corrected chi connectivity index (χ2v) is 6.31. The predicted molar refractivity (Wildman–Crippen MR) is 76.6 cm³/mol. The molecule has 0 saturated heterocycles. The zero-order chi connectivity index (χ0) is 12.0. The highest BCUT2D eigenvalue weighted by molar-refractivity contribution is 7.99. The average molecular weight is 237 g/mol. The Kier molecular flexibility index (Phi) is 5.20. The van der Waals surface area contributed by atoms with Gasteiger partial charge in [-0.05, 0) is 22.8 Å². The van der Waals surface area contributed by atoms with E-state index in [-0.39, 0.29) is 5.41 Å². The lowest BCUT2D eigenvalue weighted by Gasteiger charge is -2.23. The number of thioether (sulfide) groups is 1. The lowest BCUT2D eigenvalue weighted by molar-refractivity contribution is 0.592. The molecule has 0 fully saturated rings. The van der Waals surface area contributed by atoms with Gasteiger partial charge < -0.3 is 5.32 Å². The van der Waals surface area contributed by atoms with Gasteiger partial charge in [-0.1, -0.05) is 45.9 Å². The highest BCUT2D eigenvalue weighted by atomic mass is 32.2. The first-order chi connectivity index (χ1) is 7.55. The SMILES string of the molecule is CCSCCNc1ccccc1C(C)(C)C. The zero-order valence-corrected chi connectivity index (χ0v) is 11.7. The van der Waals surface area contributed by atoms with Crippen molar-refractivity contribution in [3.8, 4) is 0 Å². The number of anilines is 1. The van der Waals surface area contributed by atoms with Crippen molar-refractivity contribution in [2.45, 2.75) is 33.1 Å². The van der Waals surface area contributed by atoms with Crippen molar-refractivity contribution in [1.82, 2.24) is 0 Å². The van der Waals surface area contributed by atoms with Crippen molar-refractivity contribution in [2.24, 2.45) is 0 Å². The Morgan fingerprint density at radius 1 is 1.19 bits per heavy atom. The first-order valence-corrected chi connectivity index (χ1v) is 7.12. The highest BCUT2D eigenvalue weighted by Gasteiger charge is 2.16. The molecule has 1 nitrogen and oxygen atoms in total. The topological polar surface area (TPSA) is 12.0 Å². The molecule has 16 heavy (non-hydrogen) atoms. The summed E-state index contributed by atoms with van der Waals surface area (Å²) in [6.45, 7) is 10.0. The molecule has 0 aliphatic heterocycles. The molecule has 0 aromatic heterocycles. The molecule has 0 bridgehead atoms. The summed E-state index contributed by atoms with van der Waals surface area (Å²) >= 11 is 1.98. The summed E-state index contributed by atoms with van der Waals surface area (Å²) in [7, 11) is 0. The maximum atomic E-state index is 3.53. The molecule has 0 unspecified atom stereocenters. The normalized spacial score (nSPS) is 11.5. The summed E-state index contributed by atoms with van der Waals surface area (Å²) in [6.07, 6.45) is 0. The number of nitrogens with one attached hydrogen (secondary N) is 1.